The molecule has 0 aromatic heterocycles. The molecular weight excluding hydrogens is 293 g/mol. The van der Waals surface area contributed by atoms with Gasteiger partial charge in [0.2, 0.25) is 11.8 Å². The molecule has 1 aliphatic carbocycles. The number of carboxylic acids is 1. The van der Waals surface area contributed by atoms with Gasteiger partial charge in [0.25, 0.3) is 0 Å². The molecule has 21 heavy (non-hydrogen) atoms. The van der Waals surface area contributed by atoms with E-state index in [1.165, 1.54) is 13.8 Å². The van der Waals surface area contributed by atoms with Crippen LogP contribution in [0.4, 0.5) is 13.2 Å². The maximum Gasteiger partial charge on any atom is 0.403 e. The van der Waals surface area contributed by atoms with Crippen molar-refractivity contribution >= 4 is 17.8 Å². The van der Waals surface area contributed by atoms with Crippen LogP contribution in [0.1, 0.15) is 33.1 Å². The molecule has 0 bridgehead atoms. The first-order chi connectivity index (χ1) is 9.55. The van der Waals surface area contributed by atoms with Crippen molar-refractivity contribution in [3.63, 3.8) is 0 Å². The van der Waals surface area contributed by atoms with Gasteiger partial charge in [0.1, 0.15) is 17.5 Å². The van der Waals surface area contributed by atoms with Crippen LogP contribution >= 0.6 is 0 Å². The zero-order valence-corrected chi connectivity index (χ0v) is 11.6. The quantitative estimate of drug-likeness (QED) is 0.676. The fraction of sp³-hybridized carbons (Fsp3) is 0.750. The number of carboxylic acid groups (broad SMARTS) is 1. The van der Waals surface area contributed by atoms with Gasteiger partial charge in [-0.2, -0.15) is 13.2 Å². The van der Waals surface area contributed by atoms with Gasteiger partial charge >= 0.3 is 12.1 Å². The molecule has 6 nitrogen and oxygen atoms in total. The topological polar surface area (TPSA) is 95.5 Å². The number of halogens is 3. The summed E-state index contributed by atoms with van der Waals surface area (Å²) in [5, 5.41) is 12.8. The largest absolute Gasteiger partial charge is 0.480 e. The molecule has 1 rings (SSSR count). The van der Waals surface area contributed by atoms with Crippen LogP contribution in [0.2, 0.25) is 0 Å². The highest BCUT2D eigenvalue weighted by molar-refractivity contribution is 5.93. The molecule has 0 aromatic carbocycles. The highest BCUT2D eigenvalue weighted by Gasteiger charge is 2.68. The number of nitrogens with one attached hydrogen (secondary N) is 2. The first kappa shape index (κ1) is 17.3. The van der Waals surface area contributed by atoms with E-state index in [1.807, 2.05) is 0 Å². The number of rotatable bonds is 6. The third kappa shape index (κ3) is 3.64. The third-order valence-corrected chi connectivity index (χ3v) is 3.49. The fourth-order valence-electron chi connectivity index (χ4n) is 1.79. The zero-order valence-electron chi connectivity index (χ0n) is 11.6. The van der Waals surface area contributed by atoms with Crippen molar-refractivity contribution in [2.24, 2.45) is 5.41 Å². The summed E-state index contributed by atoms with van der Waals surface area (Å²) in [7, 11) is 0. The molecular formula is C12H17F3N2O4. The molecule has 0 saturated heterocycles. The van der Waals surface area contributed by atoms with Crippen molar-refractivity contribution in [2.75, 3.05) is 0 Å². The minimum absolute atomic E-state index is 0.0534. The van der Waals surface area contributed by atoms with E-state index in [1.54, 1.807) is 0 Å². The van der Waals surface area contributed by atoms with Crippen LogP contribution in [0.3, 0.4) is 0 Å². The van der Waals surface area contributed by atoms with E-state index in [9.17, 15) is 27.6 Å². The molecule has 9 heteroatoms. The molecule has 1 aliphatic rings. The van der Waals surface area contributed by atoms with E-state index in [2.05, 4.69) is 10.6 Å². The van der Waals surface area contributed by atoms with Gasteiger partial charge in [-0.3, -0.25) is 14.4 Å². The van der Waals surface area contributed by atoms with Crippen LogP contribution < -0.4 is 10.6 Å². The Balaban J connectivity index is 2.69. The van der Waals surface area contributed by atoms with Crippen LogP contribution in [0, 0.1) is 5.41 Å². The summed E-state index contributed by atoms with van der Waals surface area (Å²) in [6.07, 6.45) is -5.20. The standard InChI is InChI=1S/C12H17F3N2O4/c1-3-7(8(18)16-6(2)9(19)20)17-10(21)11(4-5-11)12(13,14)15/h6-7H,3-5H2,1-2H3,(H,16,18)(H,17,21)(H,19,20)/t6-,7-/m0/s1. The Morgan fingerprint density at radius 3 is 2.10 bits per heavy atom. The summed E-state index contributed by atoms with van der Waals surface area (Å²) in [6, 6.07) is -2.39. The van der Waals surface area contributed by atoms with Gasteiger partial charge in [0.15, 0.2) is 0 Å². The smallest absolute Gasteiger partial charge is 0.403 e. The van der Waals surface area contributed by atoms with Gasteiger partial charge in [0.05, 0.1) is 0 Å². The molecule has 0 radical (unpaired) electrons. The van der Waals surface area contributed by atoms with E-state index in [0.29, 0.717) is 0 Å². The maximum atomic E-state index is 12.8. The first-order valence-corrected chi connectivity index (χ1v) is 6.46. The van der Waals surface area contributed by atoms with Crippen molar-refractivity contribution in [3.05, 3.63) is 0 Å². The van der Waals surface area contributed by atoms with Gasteiger partial charge in [-0.25, -0.2) is 0 Å². The van der Waals surface area contributed by atoms with Crippen molar-refractivity contribution in [1.29, 1.82) is 0 Å². The van der Waals surface area contributed by atoms with Crippen molar-refractivity contribution in [2.45, 2.75) is 51.4 Å². The SMILES string of the molecule is CC[C@H](NC(=O)C1(C(F)(F)F)CC1)C(=O)N[C@@H](C)C(=O)O. The van der Waals surface area contributed by atoms with Gasteiger partial charge < -0.3 is 15.7 Å². The second-order valence-electron chi connectivity index (χ2n) is 5.08. The highest BCUT2D eigenvalue weighted by Crippen LogP contribution is 2.57. The summed E-state index contributed by atoms with van der Waals surface area (Å²) in [4.78, 5) is 34.1. The Kier molecular flexibility index (Phi) is 4.85. The number of carbonyl (C=O) groups excluding carboxylic acids is 2. The third-order valence-electron chi connectivity index (χ3n) is 3.49. The van der Waals surface area contributed by atoms with E-state index in [0.717, 1.165) is 0 Å². The summed E-state index contributed by atoms with van der Waals surface area (Å²) >= 11 is 0. The van der Waals surface area contributed by atoms with Gasteiger partial charge in [-0.15, -0.1) is 0 Å². The van der Waals surface area contributed by atoms with Crippen molar-refractivity contribution in [3.8, 4) is 0 Å². The number of hydrogen-bond donors (Lipinski definition) is 3. The van der Waals surface area contributed by atoms with Crippen LogP contribution in [-0.4, -0.2) is 41.2 Å². The van der Waals surface area contributed by atoms with Crippen molar-refractivity contribution < 1.29 is 32.7 Å². The zero-order chi connectivity index (χ0) is 16.4. The molecule has 2 amide bonds. The second-order valence-corrected chi connectivity index (χ2v) is 5.08. The normalized spacial score (nSPS) is 19.3. The van der Waals surface area contributed by atoms with Gasteiger partial charge in [0, 0.05) is 0 Å². The van der Waals surface area contributed by atoms with E-state index >= 15 is 0 Å². The lowest BCUT2D eigenvalue weighted by atomic mass is 10.0. The minimum atomic E-state index is -4.65. The van der Waals surface area contributed by atoms with Gasteiger partial charge in [-0.05, 0) is 26.2 Å². The highest BCUT2D eigenvalue weighted by atomic mass is 19.4. The number of amides is 2. The lowest BCUT2D eigenvalue weighted by Gasteiger charge is -2.23. The monoisotopic (exact) mass is 310 g/mol. The molecule has 0 aliphatic heterocycles. The summed E-state index contributed by atoms with van der Waals surface area (Å²) in [5.74, 6) is -3.34. The molecule has 3 N–H and O–H groups in total. The minimum Gasteiger partial charge on any atom is -0.480 e. The van der Waals surface area contributed by atoms with E-state index in [4.69, 9.17) is 5.11 Å². The molecule has 2 atom stereocenters. The average molecular weight is 310 g/mol. The number of carbonyl (C=O) groups is 3. The predicted molar refractivity (Wildman–Crippen MR) is 65.2 cm³/mol. The Morgan fingerprint density at radius 2 is 1.76 bits per heavy atom. The molecule has 0 unspecified atom stereocenters. The molecule has 0 spiro atoms. The Hall–Kier alpha value is -1.80. The number of hydrogen-bond acceptors (Lipinski definition) is 3. The molecule has 1 fully saturated rings. The van der Waals surface area contributed by atoms with Crippen LogP contribution in [-0.2, 0) is 14.4 Å². The summed E-state index contributed by atoms with van der Waals surface area (Å²) in [5.41, 5.74) is -2.40. The van der Waals surface area contributed by atoms with Crippen molar-refractivity contribution in [1.82, 2.24) is 10.6 Å². The molecule has 1 saturated carbocycles. The number of alkyl halides is 3. The molecule has 0 heterocycles. The summed E-state index contributed by atoms with van der Waals surface area (Å²) in [6.45, 7) is 2.72. The molecule has 120 valence electrons. The second kappa shape index (κ2) is 5.90. The lowest BCUT2D eigenvalue weighted by molar-refractivity contribution is -0.192. The maximum absolute atomic E-state index is 12.8. The Bertz CT molecular complexity index is 446. The van der Waals surface area contributed by atoms with Crippen LogP contribution in [0.5, 0.6) is 0 Å². The summed E-state index contributed by atoms with van der Waals surface area (Å²) < 4.78 is 38.3. The van der Waals surface area contributed by atoms with Crippen LogP contribution in [0.15, 0.2) is 0 Å². The Labute approximate surface area is 119 Å². The number of aliphatic carboxylic acids is 1. The van der Waals surface area contributed by atoms with E-state index < -0.39 is 41.5 Å². The van der Waals surface area contributed by atoms with Gasteiger partial charge in [-0.1, -0.05) is 6.92 Å². The molecule has 0 aromatic rings. The fourth-order valence-corrected chi connectivity index (χ4v) is 1.79. The lowest BCUT2D eigenvalue weighted by Crippen LogP contribution is -2.53. The predicted octanol–water partition coefficient (Wildman–Crippen LogP) is 0.813. The Morgan fingerprint density at radius 1 is 1.24 bits per heavy atom. The van der Waals surface area contributed by atoms with E-state index in [-0.39, 0.29) is 19.3 Å². The average Bonchev–Trinajstić information content (AvgIpc) is 3.15. The van der Waals surface area contributed by atoms with Crippen LogP contribution in [0.25, 0.3) is 0 Å². The first-order valence-electron chi connectivity index (χ1n) is 6.46.